The monoisotopic (exact) mass is 271 g/mol. The molecule has 0 saturated carbocycles. The first-order valence-corrected chi connectivity index (χ1v) is 6.85. The van der Waals surface area contributed by atoms with Crippen LogP contribution in [0.5, 0.6) is 0 Å². The second kappa shape index (κ2) is 4.85. The minimum absolute atomic E-state index is 0.0315. The standard InChI is InChI=1S/C14H13N3OS/c15-10-7-9(4-5-11-3-1-2-6-16-11)13-12(8-10)19-17-14(13)18/h1-3,6-8H,4-5,15H2,(H,17,18). The van der Waals surface area contributed by atoms with Crippen LogP contribution < -0.4 is 11.3 Å². The van der Waals surface area contributed by atoms with Crippen LogP contribution in [-0.4, -0.2) is 9.36 Å². The highest BCUT2D eigenvalue weighted by molar-refractivity contribution is 7.13. The summed E-state index contributed by atoms with van der Waals surface area (Å²) in [5.74, 6) is 0. The molecule has 0 atom stereocenters. The van der Waals surface area contributed by atoms with Crippen molar-refractivity contribution < 1.29 is 0 Å². The second-order valence-electron chi connectivity index (χ2n) is 4.41. The Labute approximate surface area is 114 Å². The Hall–Kier alpha value is -2.14. The van der Waals surface area contributed by atoms with Gasteiger partial charge in [0.2, 0.25) is 0 Å². The number of benzene rings is 1. The molecule has 0 amide bonds. The summed E-state index contributed by atoms with van der Waals surface area (Å²) in [5.41, 5.74) is 8.55. The molecule has 0 fully saturated rings. The summed E-state index contributed by atoms with van der Waals surface area (Å²) in [7, 11) is 0. The minimum Gasteiger partial charge on any atom is -0.399 e. The average molecular weight is 271 g/mol. The molecule has 0 spiro atoms. The molecule has 3 N–H and O–H groups in total. The first-order chi connectivity index (χ1) is 9.24. The number of nitrogens with zero attached hydrogens (tertiary/aromatic N) is 1. The lowest BCUT2D eigenvalue weighted by Crippen LogP contribution is -2.03. The lowest BCUT2D eigenvalue weighted by Gasteiger charge is -2.04. The van der Waals surface area contributed by atoms with Crippen molar-refractivity contribution >= 4 is 27.3 Å². The van der Waals surface area contributed by atoms with Gasteiger partial charge in [-0.3, -0.25) is 14.2 Å². The zero-order chi connectivity index (χ0) is 13.2. The van der Waals surface area contributed by atoms with Crippen molar-refractivity contribution in [1.82, 2.24) is 9.36 Å². The van der Waals surface area contributed by atoms with E-state index in [1.165, 1.54) is 11.5 Å². The molecule has 0 radical (unpaired) electrons. The number of aromatic nitrogens is 2. The van der Waals surface area contributed by atoms with E-state index < -0.39 is 0 Å². The van der Waals surface area contributed by atoms with Crippen molar-refractivity contribution in [2.45, 2.75) is 12.8 Å². The number of H-pyrrole nitrogens is 1. The first kappa shape index (κ1) is 11.9. The molecule has 0 unspecified atom stereocenters. The van der Waals surface area contributed by atoms with Gasteiger partial charge in [-0.2, -0.15) is 0 Å². The molecule has 5 heteroatoms. The van der Waals surface area contributed by atoms with Crippen molar-refractivity contribution in [2.24, 2.45) is 0 Å². The van der Waals surface area contributed by atoms with Crippen molar-refractivity contribution in [1.29, 1.82) is 0 Å². The lowest BCUT2D eigenvalue weighted by atomic mass is 10.0. The molecular weight excluding hydrogens is 258 g/mol. The van der Waals surface area contributed by atoms with Gasteiger partial charge in [-0.1, -0.05) is 17.6 Å². The van der Waals surface area contributed by atoms with Crippen LogP contribution in [0.1, 0.15) is 11.3 Å². The van der Waals surface area contributed by atoms with Crippen LogP contribution >= 0.6 is 11.5 Å². The number of rotatable bonds is 3. The summed E-state index contributed by atoms with van der Waals surface area (Å²) in [5, 5.41) is 0.759. The Kier molecular flexibility index (Phi) is 3.05. The van der Waals surface area contributed by atoms with Gasteiger partial charge < -0.3 is 5.73 Å². The number of fused-ring (bicyclic) bond motifs is 1. The Morgan fingerprint density at radius 2 is 2.16 bits per heavy atom. The van der Waals surface area contributed by atoms with Crippen LogP contribution in [-0.2, 0) is 12.8 Å². The third kappa shape index (κ3) is 2.37. The zero-order valence-corrected chi connectivity index (χ0v) is 11.0. The van der Waals surface area contributed by atoms with E-state index in [1.54, 1.807) is 6.20 Å². The molecule has 3 aromatic rings. The van der Waals surface area contributed by atoms with Crippen LogP contribution in [0.3, 0.4) is 0 Å². The highest BCUT2D eigenvalue weighted by Crippen LogP contribution is 2.23. The van der Waals surface area contributed by atoms with Crippen molar-refractivity contribution in [3.8, 4) is 0 Å². The highest BCUT2D eigenvalue weighted by atomic mass is 32.1. The SMILES string of the molecule is Nc1cc(CCc2ccccn2)c2c(=O)[nH]sc2c1. The van der Waals surface area contributed by atoms with Crippen molar-refractivity contribution in [2.75, 3.05) is 5.73 Å². The third-order valence-corrected chi connectivity index (χ3v) is 3.89. The highest BCUT2D eigenvalue weighted by Gasteiger charge is 2.09. The maximum atomic E-state index is 11.8. The first-order valence-electron chi connectivity index (χ1n) is 6.03. The van der Waals surface area contributed by atoms with Gasteiger partial charge in [-0.25, -0.2) is 0 Å². The van der Waals surface area contributed by atoms with E-state index in [1.807, 2.05) is 30.3 Å². The van der Waals surface area contributed by atoms with Gasteiger partial charge in [-0.05, 0) is 42.7 Å². The molecule has 0 aliphatic heterocycles. The number of aromatic amines is 1. The summed E-state index contributed by atoms with van der Waals surface area (Å²) >= 11 is 1.33. The molecule has 0 bridgehead atoms. The zero-order valence-electron chi connectivity index (χ0n) is 10.2. The molecular formula is C14H13N3OS. The van der Waals surface area contributed by atoms with E-state index in [4.69, 9.17) is 5.73 Å². The number of hydrogen-bond donors (Lipinski definition) is 2. The number of nitrogens with one attached hydrogen (secondary N) is 1. The van der Waals surface area contributed by atoms with Gasteiger partial charge in [0.1, 0.15) is 0 Å². The van der Waals surface area contributed by atoms with Crippen LogP contribution in [0.25, 0.3) is 10.1 Å². The molecule has 0 aliphatic rings. The van der Waals surface area contributed by atoms with E-state index in [0.29, 0.717) is 5.69 Å². The van der Waals surface area contributed by atoms with Gasteiger partial charge >= 0.3 is 0 Å². The third-order valence-electron chi connectivity index (χ3n) is 3.06. The van der Waals surface area contributed by atoms with E-state index >= 15 is 0 Å². The fourth-order valence-corrected chi connectivity index (χ4v) is 3.02. The van der Waals surface area contributed by atoms with Gasteiger partial charge in [0, 0.05) is 17.6 Å². The van der Waals surface area contributed by atoms with Crippen molar-refractivity contribution in [3.05, 3.63) is 58.1 Å². The number of aryl methyl sites for hydroxylation is 2. The molecule has 0 saturated heterocycles. The van der Waals surface area contributed by atoms with Crippen LogP contribution in [0, 0.1) is 0 Å². The molecule has 19 heavy (non-hydrogen) atoms. The van der Waals surface area contributed by atoms with E-state index in [9.17, 15) is 4.79 Å². The smallest absolute Gasteiger partial charge is 0.266 e. The summed E-state index contributed by atoms with van der Waals surface area (Å²) in [6, 6.07) is 9.57. The Morgan fingerprint density at radius 3 is 2.95 bits per heavy atom. The number of anilines is 1. The van der Waals surface area contributed by atoms with Gasteiger partial charge in [0.25, 0.3) is 5.56 Å². The molecule has 1 aromatic carbocycles. The molecule has 96 valence electrons. The Morgan fingerprint density at radius 1 is 1.26 bits per heavy atom. The quantitative estimate of drug-likeness (QED) is 0.718. The maximum absolute atomic E-state index is 11.8. The fraction of sp³-hybridized carbons (Fsp3) is 0.143. The lowest BCUT2D eigenvalue weighted by molar-refractivity contribution is 0.920. The van der Waals surface area contributed by atoms with Crippen LogP contribution in [0.4, 0.5) is 5.69 Å². The largest absolute Gasteiger partial charge is 0.399 e. The minimum atomic E-state index is -0.0315. The van der Waals surface area contributed by atoms with Crippen molar-refractivity contribution in [3.63, 3.8) is 0 Å². The predicted octanol–water partition coefficient (Wildman–Crippen LogP) is 2.35. The normalized spacial score (nSPS) is 10.9. The predicted molar refractivity (Wildman–Crippen MR) is 78.5 cm³/mol. The summed E-state index contributed by atoms with van der Waals surface area (Å²) in [4.78, 5) is 16.1. The fourth-order valence-electron chi connectivity index (χ4n) is 2.19. The van der Waals surface area contributed by atoms with Crippen LogP contribution in [0.15, 0.2) is 41.3 Å². The van der Waals surface area contributed by atoms with E-state index in [2.05, 4.69) is 9.36 Å². The number of nitrogen functional groups attached to an aromatic ring is 1. The average Bonchev–Trinajstić information content (AvgIpc) is 2.79. The molecule has 2 heterocycles. The molecule has 2 aromatic heterocycles. The number of hydrogen-bond acceptors (Lipinski definition) is 4. The molecule has 3 rings (SSSR count). The van der Waals surface area contributed by atoms with E-state index in [0.717, 1.165) is 34.2 Å². The number of nitrogens with two attached hydrogens (primary N) is 1. The number of pyridine rings is 1. The van der Waals surface area contributed by atoms with Gasteiger partial charge in [0.15, 0.2) is 0 Å². The maximum Gasteiger partial charge on any atom is 0.266 e. The summed E-state index contributed by atoms with van der Waals surface area (Å²) in [6.45, 7) is 0. The van der Waals surface area contributed by atoms with Crippen LogP contribution in [0.2, 0.25) is 0 Å². The Balaban J connectivity index is 1.96. The molecule has 4 nitrogen and oxygen atoms in total. The van der Waals surface area contributed by atoms with Gasteiger partial charge in [0.05, 0.1) is 10.1 Å². The van der Waals surface area contributed by atoms with E-state index in [-0.39, 0.29) is 5.56 Å². The second-order valence-corrected chi connectivity index (χ2v) is 5.26. The van der Waals surface area contributed by atoms with Gasteiger partial charge in [-0.15, -0.1) is 0 Å². The molecule has 0 aliphatic carbocycles. The topological polar surface area (TPSA) is 71.8 Å². The summed E-state index contributed by atoms with van der Waals surface area (Å²) in [6.07, 6.45) is 3.34. The Bertz CT molecular complexity index is 761. The summed E-state index contributed by atoms with van der Waals surface area (Å²) < 4.78 is 3.67.